The van der Waals surface area contributed by atoms with E-state index in [-0.39, 0.29) is 11.7 Å². The first-order valence-corrected chi connectivity index (χ1v) is 7.21. The zero-order chi connectivity index (χ0) is 14.9. The number of amides is 1. The number of halogens is 1. The van der Waals surface area contributed by atoms with Gasteiger partial charge in [0.05, 0.1) is 5.41 Å². The van der Waals surface area contributed by atoms with Gasteiger partial charge in [0.25, 0.3) is 0 Å². The molecule has 1 saturated carbocycles. The van der Waals surface area contributed by atoms with E-state index in [1.54, 1.807) is 18.2 Å². The van der Waals surface area contributed by atoms with Gasteiger partial charge in [-0.15, -0.1) is 0 Å². The van der Waals surface area contributed by atoms with Crippen LogP contribution < -0.4 is 5.32 Å². The van der Waals surface area contributed by atoms with E-state index in [9.17, 15) is 9.18 Å². The molecule has 2 aromatic rings. The minimum atomic E-state index is -0.658. The Morgan fingerprint density at radius 2 is 1.95 bits per heavy atom. The van der Waals surface area contributed by atoms with Crippen LogP contribution in [0.25, 0.3) is 0 Å². The first-order chi connectivity index (χ1) is 10.1. The lowest BCUT2D eigenvalue weighted by Crippen LogP contribution is -2.34. The van der Waals surface area contributed by atoms with Gasteiger partial charge in [-0.1, -0.05) is 48.0 Å². The predicted octanol–water partition coefficient (Wildman–Crippen LogP) is 3.48. The normalized spacial score (nSPS) is 15.5. The summed E-state index contributed by atoms with van der Waals surface area (Å²) in [6, 6.07) is 14.6. The Hall–Kier alpha value is -2.16. The predicted molar refractivity (Wildman–Crippen MR) is 80.3 cm³/mol. The second kappa shape index (κ2) is 5.32. The monoisotopic (exact) mass is 283 g/mol. The Morgan fingerprint density at radius 1 is 1.19 bits per heavy atom. The van der Waals surface area contributed by atoms with E-state index in [0.717, 1.165) is 11.1 Å². The third-order valence-electron chi connectivity index (χ3n) is 4.11. The number of hydrogen-bond donors (Lipinski definition) is 1. The van der Waals surface area contributed by atoms with Crippen LogP contribution in [0.5, 0.6) is 0 Å². The lowest BCUT2D eigenvalue weighted by molar-refractivity contribution is -0.123. The molecule has 0 saturated heterocycles. The SMILES string of the molecule is Cc1cccc(CNC(=O)C2(c3ccccc3F)CC2)c1. The van der Waals surface area contributed by atoms with Crippen molar-refractivity contribution in [3.8, 4) is 0 Å². The summed E-state index contributed by atoms with van der Waals surface area (Å²) in [6.45, 7) is 2.50. The second-order valence-corrected chi connectivity index (χ2v) is 5.73. The summed E-state index contributed by atoms with van der Waals surface area (Å²) in [5.41, 5.74) is 2.09. The molecule has 0 heterocycles. The zero-order valence-electron chi connectivity index (χ0n) is 12.0. The smallest absolute Gasteiger partial charge is 0.231 e. The van der Waals surface area contributed by atoms with Crippen molar-refractivity contribution in [2.45, 2.75) is 31.7 Å². The molecular formula is C18H18FNO. The molecule has 0 spiro atoms. The van der Waals surface area contributed by atoms with Crippen LogP contribution >= 0.6 is 0 Å². The van der Waals surface area contributed by atoms with Crippen molar-refractivity contribution in [1.82, 2.24) is 5.32 Å². The topological polar surface area (TPSA) is 29.1 Å². The third-order valence-corrected chi connectivity index (χ3v) is 4.11. The molecule has 0 atom stereocenters. The van der Waals surface area contributed by atoms with Gasteiger partial charge in [-0.3, -0.25) is 4.79 Å². The summed E-state index contributed by atoms with van der Waals surface area (Å²) in [5.74, 6) is -0.366. The Labute approximate surface area is 124 Å². The van der Waals surface area contributed by atoms with E-state index < -0.39 is 5.41 Å². The standard InChI is InChI=1S/C18H18FNO/c1-13-5-4-6-14(11-13)12-20-17(21)18(9-10-18)15-7-2-3-8-16(15)19/h2-8,11H,9-10,12H2,1H3,(H,20,21). The highest BCUT2D eigenvalue weighted by Crippen LogP contribution is 2.49. The molecular weight excluding hydrogens is 265 g/mol. The second-order valence-electron chi connectivity index (χ2n) is 5.73. The quantitative estimate of drug-likeness (QED) is 0.914. The Bertz CT molecular complexity index is 676. The largest absolute Gasteiger partial charge is 0.351 e. The highest BCUT2D eigenvalue weighted by molar-refractivity contribution is 5.91. The number of nitrogens with one attached hydrogen (secondary N) is 1. The highest BCUT2D eigenvalue weighted by atomic mass is 19.1. The van der Waals surface area contributed by atoms with E-state index in [4.69, 9.17) is 0 Å². The van der Waals surface area contributed by atoms with Crippen molar-refractivity contribution in [3.05, 3.63) is 71.0 Å². The van der Waals surface area contributed by atoms with Crippen molar-refractivity contribution < 1.29 is 9.18 Å². The first-order valence-electron chi connectivity index (χ1n) is 7.21. The molecule has 0 aliphatic heterocycles. The number of aryl methyl sites for hydroxylation is 1. The molecule has 2 aromatic carbocycles. The zero-order valence-corrected chi connectivity index (χ0v) is 12.0. The molecule has 3 rings (SSSR count). The minimum Gasteiger partial charge on any atom is -0.351 e. The Balaban J connectivity index is 1.73. The molecule has 1 amide bonds. The lowest BCUT2D eigenvalue weighted by Gasteiger charge is -2.16. The van der Waals surface area contributed by atoms with E-state index in [0.29, 0.717) is 24.9 Å². The van der Waals surface area contributed by atoms with Gasteiger partial charge >= 0.3 is 0 Å². The third kappa shape index (κ3) is 2.68. The summed E-state index contributed by atoms with van der Waals surface area (Å²) < 4.78 is 13.9. The van der Waals surface area contributed by atoms with Crippen molar-refractivity contribution in [3.63, 3.8) is 0 Å². The van der Waals surface area contributed by atoms with Crippen molar-refractivity contribution in [1.29, 1.82) is 0 Å². The van der Waals surface area contributed by atoms with Crippen LogP contribution in [0, 0.1) is 12.7 Å². The fourth-order valence-corrected chi connectivity index (χ4v) is 2.77. The van der Waals surface area contributed by atoms with Crippen LogP contribution in [-0.4, -0.2) is 5.91 Å². The molecule has 1 aliphatic carbocycles. The molecule has 0 radical (unpaired) electrons. The summed E-state index contributed by atoms with van der Waals surface area (Å²) in [6.07, 6.45) is 1.43. The van der Waals surface area contributed by atoms with Gasteiger partial charge in [-0.2, -0.15) is 0 Å². The van der Waals surface area contributed by atoms with Crippen molar-refractivity contribution in [2.24, 2.45) is 0 Å². The molecule has 3 heteroatoms. The highest BCUT2D eigenvalue weighted by Gasteiger charge is 2.52. The molecule has 21 heavy (non-hydrogen) atoms. The average Bonchev–Trinajstić information content (AvgIpc) is 3.27. The van der Waals surface area contributed by atoms with Gasteiger partial charge in [0.15, 0.2) is 0 Å². The summed E-state index contributed by atoms with van der Waals surface area (Å²) in [4.78, 5) is 12.5. The number of hydrogen-bond acceptors (Lipinski definition) is 1. The fraction of sp³-hybridized carbons (Fsp3) is 0.278. The van der Waals surface area contributed by atoms with Gasteiger partial charge in [0.1, 0.15) is 5.82 Å². The summed E-state index contributed by atoms with van der Waals surface area (Å²) in [5, 5.41) is 2.95. The summed E-state index contributed by atoms with van der Waals surface area (Å²) >= 11 is 0. The number of benzene rings is 2. The summed E-state index contributed by atoms with van der Waals surface area (Å²) in [7, 11) is 0. The van der Waals surface area contributed by atoms with Crippen molar-refractivity contribution >= 4 is 5.91 Å². The molecule has 0 unspecified atom stereocenters. The average molecular weight is 283 g/mol. The Morgan fingerprint density at radius 3 is 2.62 bits per heavy atom. The van der Waals surface area contributed by atoms with Crippen LogP contribution in [0.1, 0.15) is 29.5 Å². The van der Waals surface area contributed by atoms with E-state index in [2.05, 4.69) is 5.32 Å². The van der Waals surface area contributed by atoms with Crippen LogP contribution in [0.15, 0.2) is 48.5 Å². The van der Waals surface area contributed by atoms with Crippen LogP contribution in [0.2, 0.25) is 0 Å². The minimum absolute atomic E-state index is 0.0749. The molecule has 2 nitrogen and oxygen atoms in total. The number of carbonyl (C=O) groups is 1. The maximum atomic E-state index is 13.9. The number of rotatable bonds is 4. The van der Waals surface area contributed by atoms with Gasteiger partial charge in [0, 0.05) is 12.1 Å². The van der Waals surface area contributed by atoms with E-state index >= 15 is 0 Å². The molecule has 1 aliphatic rings. The molecule has 1 N–H and O–H groups in total. The maximum absolute atomic E-state index is 13.9. The molecule has 0 bridgehead atoms. The first kappa shape index (κ1) is 13.8. The van der Waals surface area contributed by atoms with Gasteiger partial charge < -0.3 is 5.32 Å². The van der Waals surface area contributed by atoms with Crippen LogP contribution in [0.3, 0.4) is 0 Å². The van der Waals surface area contributed by atoms with Gasteiger partial charge in [-0.25, -0.2) is 4.39 Å². The van der Waals surface area contributed by atoms with Crippen LogP contribution in [0.4, 0.5) is 4.39 Å². The molecule has 1 fully saturated rings. The molecule has 0 aromatic heterocycles. The van der Waals surface area contributed by atoms with Crippen LogP contribution in [-0.2, 0) is 16.8 Å². The molecule has 108 valence electrons. The number of carbonyl (C=O) groups excluding carboxylic acids is 1. The van der Waals surface area contributed by atoms with Gasteiger partial charge in [-0.05, 0) is 31.4 Å². The van der Waals surface area contributed by atoms with Crippen molar-refractivity contribution in [2.75, 3.05) is 0 Å². The van der Waals surface area contributed by atoms with E-state index in [1.807, 2.05) is 31.2 Å². The van der Waals surface area contributed by atoms with E-state index in [1.165, 1.54) is 6.07 Å². The van der Waals surface area contributed by atoms with Gasteiger partial charge in [0.2, 0.25) is 5.91 Å². The lowest BCUT2D eigenvalue weighted by atomic mass is 9.94. The Kier molecular flexibility index (Phi) is 3.50. The fourth-order valence-electron chi connectivity index (χ4n) is 2.77. The maximum Gasteiger partial charge on any atom is 0.231 e.